The van der Waals surface area contributed by atoms with E-state index in [2.05, 4.69) is 20.8 Å². The van der Waals surface area contributed by atoms with Gasteiger partial charge in [-0.05, 0) is 5.41 Å². The van der Waals surface area contributed by atoms with Crippen LogP contribution >= 0.6 is 11.8 Å². The Morgan fingerprint density at radius 3 is 2.55 bits per heavy atom. The number of cyclic esters (lactones) is 1. The smallest absolute Gasteiger partial charge is 0.316 e. The van der Waals surface area contributed by atoms with E-state index in [1.54, 1.807) is 11.8 Å². The highest BCUT2D eigenvalue weighted by Crippen LogP contribution is 2.28. The first-order valence-corrected chi connectivity index (χ1v) is 4.93. The molecule has 1 aliphatic rings. The van der Waals surface area contributed by atoms with Gasteiger partial charge in [0.25, 0.3) is 0 Å². The first-order valence-electron chi connectivity index (χ1n) is 3.77. The van der Waals surface area contributed by atoms with E-state index in [4.69, 9.17) is 4.74 Å². The van der Waals surface area contributed by atoms with Gasteiger partial charge in [-0.2, -0.15) is 0 Å². The first kappa shape index (κ1) is 8.91. The zero-order valence-corrected chi connectivity index (χ0v) is 8.03. The Morgan fingerprint density at radius 1 is 1.55 bits per heavy atom. The van der Waals surface area contributed by atoms with Crippen LogP contribution in [0.5, 0.6) is 0 Å². The third-order valence-electron chi connectivity index (χ3n) is 1.73. The Bertz CT molecular complexity index is 160. The number of esters is 1. The fourth-order valence-electron chi connectivity index (χ4n) is 0.903. The van der Waals surface area contributed by atoms with Crippen molar-refractivity contribution in [2.45, 2.75) is 26.9 Å². The van der Waals surface area contributed by atoms with Crippen molar-refractivity contribution in [1.82, 2.24) is 0 Å². The van der Waals surface area contributed by atoms with Crippen LogP contribution in [0.25, 0.3) is 0 Å². The Labute approximate surface area is 71.7 Å². The van der Waals surface area contributed by atoms with Crippen LogP contribution in [0.15, 0.2) is 0 Å². The molecule has 1 atom stereocenters. The number of carbonyl (C=O) groups excluding carboxylic acids is 1. The molecule has 1 fully saturated rings. The van der Waals surface area contributed by atoms with Gasteiger partial charge < -0.3 is 4.74 Å². The molecule has 3 heteroatoms. The molecule has 0 radical (unpaired) electrons. The van der Waals surface area contributed by atoms with Crippen molar-refractivity contribution >= 4 is 17.7 Å². The van der Waals surface area contributed by atoms with Crippen molar-refractivity contribution in [1.29, 1.82) is 0 Å². The van der Waals surface area contributed by atoms with Gasteiger partial charge in [-0.15, -0.1) is 11.8 Å². The SMILES string of the molecule is CC(C)(C)C1CSCC(=O)O1. The van der Waals surface area contributed by atoms with Crippen LogP contribution in [0.1, 0.15) is 20.8 Å². The second-order valence-corrected chi connectivity index (χ2v) is 4.89. The lowest BCUT2D eigenvalue weighted by atomic mass is 9.90. The largest absolute Gasteiger partial charge is 0.460 e. The maximum Gasteiger partial charge on any atom is 0.316 e. The van der Waals surface area contributed by atoms with Crippen molar-refractivity contribution in [3.05, 3.63) is 0 Å². The van der Waals surface area contributed by atoms with E-state index >= 15 is 0 Å². The van der Waals surface area contributed by atoms with Crippen molar-refractivity contribution in [2.75, 3.05) is 11.5 Å². The van der Waals surface area contributed by atoms with Gasteiger partial charge in [-0.25, -0.2) is 0 Å². The van der Waals surface area contributed by atoms with E-state index in [1.165, 1.54) is 0 Å². The number of ether oxygens (including phenoxy) is 1. The summed E-state index contributed by atoms with van der Waals surface area (Å²) in [6, 6.07) is 0. The third kappa shape index (κ3) is 2.40. The Balaban J connectivity index is 2.53. The van der Waals surface area contributed by atoms with E-state index in [-0.39, 0.29) is 17.5 Å². The monoisotopic (exact) mass is 174 g/mol. The van der Waals surface area contributed by atoms with Gasteiger partial charge in [-0.3, -0.25) is 4.79 Å². The minimum Gasteiger partial charge on any atom is -0.460 e. The predicted molar refractivity (Wildman–Crippen MR) is 46.7 cm³/mol. The lowest BCUT2D eigenvalue weighted by molar-refractivity contribution is -0.150. The highest BCUT2D eigenvalue weighted by molar-refractivity contribution is 8.00. The molecule has 0 aromatic carbocycles. The van der Waals surface area contributed by atoms with E-state index < -0.39 is 0 Å². The molecule has 0 aliphatic carbocycles. The summed E-state index contributed by atoms with van der Waals surface area (Å²) in [7, 11) is 0. The van der Waals surface area contributed by atoms with E-state index in [0.717, 1.165) is 5.75 Å². The van der Waals surface area contributed by atoms with E-state index in [0.29, 0.717) is 5.75 Å². The topological polar surface area (TPSA) is 26.3 Å². The van der Waals surface area contributed by atoms with Crippen LogP contribution in [0.3, 0.4) is 0 Å². The molecule has 0 amide bonds. The molecule has 1 aliphatic heterocycles. The number of carbonyl (C=O) groups is 1. The van der Waals surface area contributed by atoms with E-state index in [1.807, 2.05) is 0 Å². The van der Waals surface area contributed by atoms with Gasteiger partial charge in [0.2, 0.25) is 0 Å². The summed E-state index contributed by atoms with van der Waals surface area (Å²) in [4.78, 5) is 10.9. The van der Waals surface area contributed by atoms with Crippen molar-refractivity contribution in [3.8, 4) is 0 Å². The fraction of sp³-hybridized carbons (Fsp3) is 0.875. The van der Waals surface area contributed by atoms with Crippen LogP contribution in [0.4, 0.5) is 0 Å². The zero-order valence-electron chi connectivity index (χ0n) is 7.22. The molecular formula is C8H14O2S. The fourth-order valence-corrected chi connectivity index (χ4v) is 2.04. The maximum atomic E-state index is 10.9. The predicted octanol–water partition coefficient (Wildman–Crippen LogP) is 1.69. The summed E-state index contributed by atoms with van der Waals surface area (Å²) in [6.07, 6.45) is 0.0914. The quantitative estimate of drug-likeness (QED) is 0.523. The van der Waals surface area contributed by atoms with Crippen molar-refractivity contribution in [2.24, 2.45) is 5.41 Å². The van der Waals surface area contributed by atoms with Gasteiger partial charge in [0, 0.05) is 5.75 Å². The van der Waals surface area contributed by atoms with Gasteiger partial charge in [0.15, 0.2) is 0 Å². The molecule has 0 N–H and O–H groups in total. The normalized spacial score (nSPS) is 26.5. The van der Waals surface area contributed by atoms with Crippen LogP contribution < -0.4 is 0 Å². The average Bonchev–Trinajstić information content (AvgIpc) is 1.86. The number of hydrogen-bond donors (Lipinski definition) is 0. The summed E-state index contributed by atoms with van der Waals surface area (Å²) in [6.45, 7) is 6.28. The van der Waals surface area contributed by atoms with E-state index in [9.17, 15) is 4.79 Å². The van der Waals surface area contributed by atoms with Crippen LogP contribution in [0, 0.1) is 5.41 Å². The lowest BCUT2D eigenvalue weighted by Crippen LogP contribution is -2.37. The second-order valence-electron chi connectivity index (χ2n) is 3.86. The zero-order chi connectivity index (χ0) is 8.48. The van der Waals surface area contributed by atoms with Gasteiger partial charge in [-0.1, -0.05) is 20.8 Å². The third-order valence-corrected chi connectivity index (χ3v) is 2.71. The molecular weight excluding hydrogens is 160 g/mol. The molecule has 0 aromatic heterocycles. The molecule has 1 unspecified atom stereocenters. The number of rotatable bonds is 0. The average molecular weight is 174 g/mol. The standard InChI is InChI=1S/C8H14O2S/c1-8(2,3)6-4-11-5-7(9)10-6/h6H,4-5H2,1-3H3. The van der Waals surface area contributed by atoms with Crippen LogP contribution in [-0.4, -0.2) is 23.6 Å². The highest BCUT2D eigenvalue weighted by atomic mass is 32.2. The minimum atomic E-state index is -0.0684. The second kappa shape index (κ2) is 3.05. The molecule has 1 saturated heterocycles. The molecule has 11 heavy (non-hydrogen) atoms. The Kier molecular flexibility index (Phi) is 2.47. The number of thioether (sulfide) groups is 1. The summed E-state index contributed by atoms with van der Waals surface area (Å²) in [5.74, 6) is 1.39. The summed E-state index contributed by atoms with van der Waals surface area (Å²) in [5, 5.41) is 0. The van der Waals surface area contributed by atoms with Crippen LogP contribution in [-0.2, 0) is 9.53 Å². The molecule has 2 nitrogen and oxygen atoms in total. The van der Waals surface area contributed by atoms with Crippen LogP contribution in [0.2, 0.25) is 0 Å². The molecule has 0 aromatic rings. The maximum absolute atomic E-state index is 10.9. The summed E-state index contributed by atoms with van der Waals surface area (Å²) >= 11 is 1.66. The van der Waals surface area contributed by atoms with Gasteiger partial charge >= 0.3 is 5.97 Å². The van der Waals surface area contributed by atoms with Gasteiger partial charge in [0.1, 0.15) is 6.10 Å². The van der Waals surface area contributed by atoms with Gasteiger partial charge in [0.05, 0.1) is 5.75 Å². The summed E-state index contributed by atoms with van der Waals surface area (Å²) in [5.41, 5.74) is 0.0864. The molecule has 1 heterocycles. The molecule has 0 saturated carbocycles. The lowest BCUT2D eigenvalue weighted by Gasteiger charge is -2.32. The Morgan fingerprint density at radius 2 is 2.18 bits per heavy atom. The summed E-state index contributed by atoms with van der Waals surface area (Å²) < 4.78 is 5.19. The molecule has 1 rings (SSSR count). The highest BCUT2D eigenvalue weighted by Gasteiger charge is 2.31. The number of hydrogen-bond acceptors (Lipinski definition) is 3. The molecule has 0 bridgehead atoms. The van der Waals surface area contributed by atoms with Crippen molar-refractivity contribution in [3.63, 3.8) is 0 Å². The molecule has 64 valence electrons. The van der Waals surface area contributed by atoms with Crippen molar-refractivity contribution < 1.29 is 9.53 Å². The first-order chi connectivity index (χ1) is 5.00. The minimum absolute atomic E-state index is 0.0684. The Hall–Kier alpha value is -0.180. The molecule has 0 spiro atoms.